The van der Waals surface area contributed by atoms with E-state index in [1.54, 1.807) is 13.8 Å². The summed E-state index contributed by atoms with van der Waals surface area (Å²) in [6, 6.07) is 0. The van der Waals surface area contributed by atoms with Gasteiger partial charge in [0.1, 0.15) is 0 Å². The van der Waals surface area contributed by atoms with Crippen molar-refractivity contribution in [1.82, 2.24) is 0 Å². The van der Waals surface area contributed by atoms with Crippen LogP contribution >= 0.6 is 0 Å². The van der Waals surface area contributed by atoms with Crippen molar-refractivity contribution in [2.45, 2.75) is 71.9 Å². The molecule has 28 heavy (non-hydrogen) atoms. The molecule has 1 saturated heterocycles. The molecule has 2 saturated carbocycles. The third-order valence-corrected chi connectivity index (χ3v) is 7.70. The van der Waals surface area contributed by atoms with E-state index in [1.165, 1.54) is 0 Å². The van der Waals surface area contributed by atoms with Crippen LogP contribution in [0.5, 0.6) is 0 Å². The fourth-order valence-electron chi connectivity index (χ4n) is 5.85. The standard InChI is InChI=1S/C23H36NO4/c1-14(2)6-5-9-24(23(3,4)27,12-15-7-8-15)21(25)18-11-16-10-17(18)20-19(16)13-28-22(20)26/h14-16,19-20,27H,5-13H2,1-4H3/q+1. The van der Waals surface area contributed by atoms with Crippen molar-refractivity contribution in [2.75, 3.05) is 19.7 Å². The molecule has 1 N–H and O–H groups in total. The van der Waals surface area contributed by atoms with Crippen molar-refractivity contribution in [3.05, 3.63) is 11.1 Å². The summed E-state index contributed by atoms with van der Waals surface area (Å²) in [6.45, 7) is 9.92. The topological polar surface area (TPSA) is 63.6 Å². The Bertz CT molecular complexity index is 700. The largest absolute Gasteiger partial charge is 0.465 e. The molecule has 4 unspecified atom stereocenters. The lowest BCUT2D eigenvalue weighted by Crippen LogP contribution is -2.66. The van der Waals surface area contributed by atoms with Gasteiger partial charge in [-0.15, -0.1) is 0 Å². The van der Waals surface area contributed by atoms with Crippen molar-refractivity contribution >= 4 is 11.9 Å². The number of rotatable bonds is 8. The van der Waals surface area contributed by atoms with E-state index >= 15 is 0 Å². The van der Waals surface area contributed by atoms with Gasteiger partial charge in [0.05, 0.1) is 31.2 Å². The molecule has 156 valence electrons. The molecule has 0 radical (unpaired) electrons. The molecule has 5 nitrogen and oxygen atoms in total. The van der Waals surface area contributed by atoms with Gasteiger partial charge in [-0.2, -0.15) is 0 Å². The van der Waals surface area contributed by atoms with E-state index in [-0.39, 0.29) is 28.2 Å². The van der Waals surface area contributed by atoms with Gasteiger partial charge in [-0.05, 0) is 55.9 Å². The van der Waals surface area contributed by atoms with Gasteiger partial charge in [-0.1, -0.05) is 13.8 Å². The van der Waals surface area contributed by atoms with Gasteiger partial charge in [0.15, 0.2) is 0 Å². The van der Waals surface area contributed by atoms with E-state index in [0.29, 0.717) is 30.9 Å². The first kappa shape index (κ1) is 20.1. The summed E-state index contributed by atoms with van der Waals surface area (Å²) in [4.78, 5) is 26.3. The van der Waals surface area contributed by atoms with Crippen LogP contribution in [-0.4, -0.2) is 46.9 Å². The monoisotopic (exact) mass is 390 g/mol. The Hall–Kier alpha value is -1.20. The second-order valence-corrected chi connectivity index (χ2v) is 10.6. The molecule has 1 amide bonds. The Morgan fingerprint density at radius 1 is 1.29 bits per heavy atom. The van der Waals surface area contributed by atoms with Crippen molar-refractivity contribution in [2.24, 2.45) is 29.6 Å². The van der Waals surface area contributed by atoms with Gasteiger partial charge in [0.25, 0.3) is 0 Å². The highest BCUT2D eigenvalue weighted by Gasteiger charge is 2.59. The SMILES string of the molecule is CC(C)CCC[N+](CC1CC1)(C(=O)C1=C2CC(C1)C1COC(=O)C21)C(C)(C)O. The molecule has 0 aromatic rings. The lowest BCUT2D eigenvalue weighted by atomic mass is 9.81. The minimum absolute atomic E-state index is 0.0822. The molecule has 1 aliphatic heterocycles. The van der Waals surface area contributed by atoms with E-state index < -0.39 is 5.72 Å². The first-order chi connectivity index (χ1) is 13.1. The third-order valence-electron chi connectivity index (χ3n) is 7.70. The van der Waals surface area contributed by atoms with Crippen LogP contribution in [0.15, 0.2) is 11.1 Å². The molecule has 5 heteroatoms. The van der Waals surface area contributed by atoms with Gasteiger partial charge in [-0.25, -0.2) is 9.28 Å². The Morgan fingerprint density at radius 2 is 2.00 bits per heavy atom. The number of hydrogen-bond donors (Lipinski definition) is 1. The first-order valence-electron chi connectivity index (χ1n) is 11.2. The number of esters is 1. The number of nitrogens with zero attached hydrogens (tertiary/aromatic N) is 1. The second-order valence-electron chi connectivity index (χ2n) is 10.6. The minimum Gasteiger partial charge on any atom is -0.465 e. The summed E-state index contributed by atoms with van der Waals surface area (Å²) in [5, 5.41) is 11.2. The normalized spacial score (nSPS) is 31.4. The number of quaternary nitrogens is 1. The van der Waals surface area contributed by atoms with Crippen molar-refractivity contribution < 1.29 is 23.9 Å². The molecule has 1 heterocycles. The number of aliphatic hydroxyl groups is 1. The third kappa shape index (κ3) is 3.24. The van der Waals surface area contributed by atoms with Crippen LogP contribution < -0.4 is 0 Å². The van der Waals surface area contributed by atoms with E-state index in [4.69, 9.17) is 4.74 Å². The number of fused-ring (bicyclic) bond motifs is 5. The van der Waals surface area contributed by atoms with Gasteiger partial charge in [0.2, 0.25) is 5.72 Å². The average molecular weight is 391 g/mol. The van der Waals surface area contributed by atoms with Crippen LogP contribution in [-0.2, 0) is 14.3 Å². The summed E-state index contributed by atoms with van der Waals surface area (Å²) < 4.78 is 5.44. The van der Waals surface area contributed by atoms with Crippen LogP contribution in [0, 0.1) is 29.6 Å². The highest BCUT2D eigenvalue weighted by molar-refractivity contribution is 5.93. The van der Waals surface area contributed by atoms with Crippen molar-refractivity contribution in [3.63, 3.8) is 0 Å². The Balaban J connectivity index is 1.67. The maximum atomic E-state index is 14.0. The fraction of sp³-hybridized carbons (Fsp3) is 0.826. The Kier molecular flexibility index (Phi) is 4.98. The molecule has 4 rings (SSSR count). The molecule has 2 bridgehead atoms. The first-order valence-corrected chi connectivity index (χ1v) is 11.2. The average Bonchev–Trinajstić information content (AvgIpc) is 3.02. The van der Waals surface area contributed by atoms with Crippen LogP contribution in [0.3, 0.4) is 0 Å². The van der Waals surface area contributed by atoms with Gasteiger partial charge < -0.3 is 9.84 Å². The van der Waals surface area contributed by atoms with Crippen LogP contribution in [0.25, 0.3) is 0 Å². The molecule has 0 aromatic carbocycles. The number of amides is 1. The summed E-state index contributed by atoms with van der Waals surface area (Å²) in [7, 11) is 0. The van der Waals surface area contributed by atoms with Crippen molar-refractivity contribution in [3.8, 4) is 0 Å². The molecule has 3 fully saturated rings. The van der Waals surface area contributed by atoms with E-state index in [0.717, 1.165) is 56.2 Å². The second kappa shape index (κ2) is 6.94. The van der Waals surface area contributed by atoms with Crippen molar-refractivity contribution in [1.29, 1.82) is 0 Å². The van der Waals surface area contributed by atoms with Gasteiger partial charge >= 0.3 is 11.9 Å². The Morgan fingerprint density at radius 3 is 2.61 bits per heavy atom. The van der Waals surface area contributed by atoms with E-state index in [9.17, 15) is 14.7 Å². The molecular weight excluding hydrogens is 354 g/mol. The maximum Gasteiger partial charge on any atom is 0.344 e. The van der Waals surface area contributed by atoms with Crippen LogP contribution in [0.4, 0.5) is 0 Å². The molecular formula is C23H36NO4+. The van der Waals surface area contributed by atoms with Gasteiger partial charge in [-0.3, -0.25) is 4.79 Å². The molecule has 4 aliphatic rings. The van der Waals surface area contributed by atoms with Gasteiger partial charge in [0, 0.05) is 25.7 Å². The van der Waals surface area contributed by atoms with E-state index in [1.807, 2.05) is 0 Å². The number of cyclic esters (lactones) is 1. The van der Waals surface area contributed by atoms with Crippen LogP contribution in [0.2, 0.25) is 0 Å². The lowest BCUT2D eigenvalue weighted by Gasteiger charge is -2.46. The Labute approximate surface area is 168 Å². The number of hydrogen-bond acceptors (Lipinski definition) is 4. The number of ether oxygens (including phenoxy) is 1. The number of carbonyl (C=O) groups excluding carboxylic acids is 2. The maximum absolute atomic E-state index is 14.0. The molecule has 4 atom stereocenters. The zero-order valence-electron chi connectivity index (χ0n) is 17.9. The molecule has 0 aromatic heterocycles. The summed E-state index contributed by atoms with van der Waals surface area (Å²) in [5.74, 6) is 1.49. The predicted octanol–water partition coefficient (Wildman–Crippen LogP) is 3.41. The quantitative estimate of drug-likeness (QED) is 0.392. The van der Waals surface area contributed by atoms with Crippen LogP contribution in [0.1, 0.15) is 66.2 Å². The molecule has 0 spiro atoms. The zero-order valence-corrected chi connectivity index (χ0v) is 17.9. The molecule has 3 aliphatic carbocycles. The smallest absolute Gasteiger partial charge is 0.344 e. The highest BCUT2D eigenvalue weighted by atomic mass is 16.5. The number of carbonyl (C=O) groups is 2. The summed E-state index contributed by atoms with van der Waals surface area (Å²) in [6.07, 6.45) is 5.92. The van der Waals surface area contributed by atoms with E-state index in [2.05, 4.69) is 13.8 Å². The zero-order chi connectivity index (χ0) is 20.3. The summed E-state index contributed by atoms with van der Waals surface area (Å²) >= 11 is 0. The predicted molar refractivity (Wildman–Crippen MR) is 106 cm³/mol. The lowest BCUT2D eigenvalue weighted by molar-refractivity contribution is -0.928. The summed E-state index contributed by atoms with van der Waals surface area (Å²) in [5.41, 5.74) is 0.757. The fourth-order valence-corrected chi connectivity index (χ4v) is 5.85. The minimum atomic E-state index is -1.12. The highest BCUT2D eigenvalue weighted by Crippen LogP contribution is 2.55.